The molecular formula is C19H25BrN4S2. The maximum atomic E-state index is 5.94. The Hall–Kier alpha value is -1.44. The third kappa shape index (κ3) is 9.89. The maximum absolute atomic E-state index is 5.94. The van der Waals surface area contributed by atoms with E-state index in [0.29, 0.717) is 10.3 Å². The zero-order valence-corrected chi connectivity index (χ0v) is 17.9. The average molecular weight is 453 g/mol. The first kappa shape index (κ1) is 22.6. The summed E-state index contributed by atoms with van der Waals surface area (Å²) in [4.78, 5) is 8.75. The van der Waals surface area contributed by atoms with Gasteiger partial charge in [0.05, 0.1) is 11.4 Å². The van der Waals surface area contributed by atoms with E-state index in [2.05, 4.69) is 9.98 Å². The lowest BCUT2D eigenvalue weighted by molar-refractivity contribution is 0.787. The number of para-hydroxylation sites is 2. The zero-order chi connectivity index (χ0) is 17.7. The summed E-state index contributed by atoms with van der Waals surface area (Å²) >= 11 is 3.22. The normalized spacial score (nSPS) is 11.8. The standard InChI is InChI=1S/C19H24N4S2.BrH/c20-18(22-16-10-4-1-5-11-16)24-14-8-3-9-15-25-19(21)23-17-12-6-2-7-13-17;/h1-2,4-7,10-13H,3,8-9,14-15H2,(H2,20,22)(H2,21,23);1H. The number of rotatable bonds is 8. The molecule has 0 heterocycles. The lowest BCUT2D eigenvalue weighted by Gasteiger charge is -2.03. The van der Waals surface area contributed by atoms with E-state index in [1.54, 1.807) is 23.5 Å². The molecule has 0 aliphatic rings. The van der Waals surface area contributed by atoms with E-state index in [-0.39, 0.29) is 17.0 Å². The largest absolute Gasteiger partial charge is 0.378 e. The number of amidine groups is 2. The summed E-state index contributed by atoms with van der Waals surface area (Å²) in [7, 11) is 0. The molecule has 26 heavy (non-hydrogen) atoms. The van der Waals surface area contributed by atoms with Crippen molar-refractivity contribution in [1.29, 1.82) is 0 Å². The van der Waals surface area contributed by atoms with Gasteiger partial charge in [0.25, 0.3) is 0 Å². The molecule has 0 aromatic heterocycles. The predicted molar refractivity (Wildman–Crippen MR) is 125 cm³/mol. The van der Waals surface area contributed by atoms with E-state index in [1.807, 2.05) is 60.7 Å². The van der Waals surface area contributed by atoms with Gasteiger partial charge in [-0.3, -0.25) is 0 Å². The molecule has 140 valence electrons. The molecule has 0 saturated carbocycles. The van der Waals surface area contributed by atoms with Crippen LogP contribution in [0.4, 0.5) is 11.4 Å². The summed E-state index contributed by atoms with van der Waals surface area (Å²) in [5.41, 5.74) is 13.7. The number of hydrogen-bond acceptors (Lipinski definition) is 4. The quantitative estimate of drug-likeness (QED) is 0.315. The minimum Gasteiger partial charge on any atom is -0.378 e. The summed E-state index contributed by atoms with van der Waals surface area (Å²) in [6.45, 7) is 0. The first-order valence-electron chi connectivity index (χ1n) is 8.28. The maximum Gasteiger partial charge on any atom is 0.159 e. The van der Waals surface area contributed by atoms with Crippen LogP contribution in [-0.4, -0.2) is 21.8 Å². The second-order valence-corrected chi connectivity index (χ2v) is 7.56. The van der Waals surface area contributed by atoms with Crippen molar-refractivity contribution in [3.63, 3.8) is 0 Å². The Bertz CT molecular complexity index is 619. The van der Waals surface area contributed by atoms with Crippen LogP contribution in [0.25, 0.3) is 0 Å². The molecule has 4 N–H and O–H groups in total. The van der Waals surface area contributed by atoms with Gasteiger partial charge in [-0.1, -0.05) is 66.3 Å². The summed E-state index contributed by atoms with van der Waals surface area (Å²) in [5.74, 6) is 1.97. The van der Waals surface area contributed by atoms with Crippen molar-refractivity contribution in [3.8, 4) is 0 Å². The summed E-state index contributed by atoms with van der Waals surface area (Å²) < 4.78 is 0. The highest BCUT2D eigenvalue weighted by Crippen LogP contribution is 2.16. The molecule has 2 aromatic carbocycles. The van der Waals surface area contributed by atoms with Crippen molar-refractivity contribution in [1.82, 2.24) is 0 Å². The summed E-state index contributed by atoms with van der Waals surface area (Å²) in [5, 5.41) is 1.25. The van der Waals surface area contributed by atoms with Crippen LogP contribution in [0.5, 0.6) is 0 Å². The highest BCUT2D eigenvalue weighted by Gasteiger charge is 1.98. The molecular weight excluding hydrogens is 428 g/mol. The number of benzene rings is 2. The van der Waals surface area contributed by atoms with Crippen molar-refractivity contribution in [3.05, 3.63) is 60.7 Å². The van der Waals surface area contributed by atoms with Gasteiger partial charge >= 0.3 is 0 Å². The lowest BCUT2D eigenvalue weighted by Crippen LogP contribution is -2.07. The molecule has 0 saturated heterocycles. The fraction of sp³-hybridized carbons (Fsp3) is 0.263. The lowest BCUT2D eigenvalue weighted by atomic mass is 10.3. The van der Waals surface area contributed by atoms with Crippen LogP contribution in [0.2, 0.25) is 0 Å². The topological polar surface area (TPSA) is 76.8 Å². The summed E-state index contributed by atoms with van der Waals surface area (Å²) in [6.07, 6.45) is 3.38. The van der Waals surface area contributed by atoms with Crippen molar-refractivity contribution in [2.24, 2.45) is 21.5 Å². The van der Waals surface area contributed by atoms with Gasteiger partial charge in [-0.05, 0) is 37.1 Å². The van der Waals surface area contributed by atoms with Gasteiger partial charge in [-0.15, -0.1) is 17.0 Å². The Morgan fingerprint density at radius 1 is 0.654 bits per heavy atom. The van der Waals surface area contributed by atoms with Gasteiger partial charge in [-0.25, -0.2) is 9.98 Å². The first-order chi connectivity index (χ1) is 12.2. The molecule has 0 bridgehead atoms. The van der Waals surface area contributed by atoms with Crippen LogP contribution in [0.15, 0.2) is 70.6 Å². The monoisotopic (exact) mass is 452 g/mol. The van der Waals surface area contributed by atoms with Gasteiger partial charge in [0, 0.05) is 11.5 Å². The number of halogens is 1. The fourth-order valence-electron chi connectivity index (χ4n) is 2.06. The molecule has 0 amide bonds. The van der Waals surface area contributed by atoms with Crippen molar-refractivity contribution in [2.75, 3.05) is 11.5 Å². The number of aliphatic imine (C=N–C) groups is 2. The van der Waals surface area contributed by atoms with Crippen molar-refractivity contribution in [2.45, 2.75) is 19.3 Å². The van der Waals surface area contributed by atoms with E-state index in [4.69, 9.17) is 11.5 Å². The second-order valence-electron chi connectivity index (χ2n) is 5.33. The Balaban J connectivity index is 0.00000338. The Morgan fingerprint density at radius 3 is 1.42 bits per heavy atom. The molecule has 0 atom stereocenters. The van der Waals surface area contributed by atoms with Crippen LogP contribution in [0.3, 0.4) is 0 Å². The minimum absolute atomic E-state index is 0. The number of hydrogen-bond donors (Lipinski definition) is 2. The number of unbranched alkanes of at least 4 members (excludes halogenated alkanes) is 2. The molecule has 0 spiro atoms. The van der Waals surface area contributed by atoms with Gasteiger partial charge in [-0.2, -0.15) is 0 Å². The molecule has 2 rings (SSSR count). The van der Waals surface area contributed by atoms with Crippen LogP contribution in [0, 0.1) is 0 Å². The van der Waals surface area contributed by atoms with Crippen LogP contribution in [-0.2, 0) is 0 Å². The molecule has 0 fully saturated rings. The van der Waals surface area contributed by atoms with Crippen LogP contribution in [0.1, 0.15) is 19.3 Å². The zero-order valence-electron chi connectivity index (χ0n) is 14.6. The SMILES string of the molecule is Br.NC(=Nc1ccccc1)SCCCCCSC(N)=Nc1ccccc1. The number of thioether (sulfide) groups is 2. The average Bonchev–Trinajstić information content (AvgIpc) is 2.62. The molecule has 0 unspecified atom stereocenters. The van der Waals surface area contributed by atoms with Gasteiger partial charge in [0.15, 0.2) is 10.3 Å². The molecule has 0 aliphatic carbocycles. The van der Waals surface area contributed by atoms with E-state index < -0.39 is 0 Å². The first-order valence-corrected chi connectivity index (χ1v) is 10.2. The smallest absolute Gasteiger partial charge is 0.159 e. The fourth-order valence-corrected chi connectivity index (χ4v) is 3.51. The van der Waals surface area contributed by atoms with E-state index in [9.17, 15) is 0 Å². The van der Waals surface area contributed by atoms with Gasteiger partial charge in [0.2, 0.25) is 0 Å². The highest BCUT2D eigenvalue weighted by molar-refractivity contribution is 8.93. The molecule has 2 aromatic rings. The summed E-state index contributed by atoms with van der Waals surface area (Å²) in [6, 6.07) is 19.6. The Morgan fingerprint density at radius 2 is 1.04 bits per heavy atom. The third-order valence-electron chi connectivity index (χ3n) is 3.28. The van der Waals surface area contributed by atoms with Gasteiger partial charge in [0.1, 0.15) is 0 Å². The van der Waals surface area contributed by atoms with Gasteiger partial charge < -0.3 is 11.5 Å². The third-order valence-corrected chi connectivity index (χ3v) is 5.04. The van der Waals surface area contributed by atoms with E-state index in [1.165, 1.54) is 0 Å². The number of nitrogens with two attached hydrogens (primary N) is 2. The van der Waals surface area contributed by atoms with Crippen LogP contribution >= 0.6 is 40.5 Å². The van der Waals surface area contributed by atoms with Crippen molar-refractivity contribution >= 4 is 62.2 Å². The van der Waals surface area contributed by atoms with Crippen LogP contribution < -0.4 is 11.5 Å². The predicted octanol–water partition coefficient (Wildman–Crippen LogP) is 5.49. The Kier molecular flexibility index (Phi) is 11.9. The molecule has 7 heteroatoms. The molecule has 4 nitrogen and oxygen atoms in total. The molecule has 0 radical (unpaired) electrons. The number of nitrogens with zero attached hydrogens (tertiary/aromatic N) is 2. The Labute approximate surface area is 174 Å². The second kappa shape index (κ2) is 13.7. The highest BCUT2D eigenvalue weighted by atomic mass is 79.9. The van der Waals surface area contributed by atoms with E-state index >= 15 is 0 Å². The minimum atomic E-state index is 0. The molecule has 0 aliphatic heterocycles. The van der Waals surface area contributed by atoms with Crippen molar-refractivity contribution < 1.29 is 0 Å². The van der Waals surface area contributed by atoms with E-state index in [0.717, 1.165) is 42.1 Å².